The zero-order valence-electron chi connectivity index (χ0n) is 12.4. The Bertz CT molecular complexity index is 822. The zero-order valence-corrected chi connectivity index (χ0v) is 13.1. The van der Waals surface area contributed by atoms with Gasteiger partial charge in [0.25, 0.3) is 0 Å². The number of aromatic nitrogens is 4. The third kappa shape index (κ3) is 2.91. The van der Waals surface area contributed by atoms with Crippen molar-refractivity contribution in [2.24, 2.45) is 0 Å². The van der Waals surface area contributed by atoms with Gasteiger partial charge in [-0.15, -0.1) is 0 Å². The van der Waals surface area contributed by atoms with Gasteiger partial charge >= 0.3 is 0 Å². The molecule has 0 fully saturated rings. The van der Waals surface area contributed by atoms with Crippen molar-refractivity contribution in [3.63, 3.8) is 0 Å². The Labute approximate surface area is 133 Å². The number of nitrogens with zero attached hydrogens (tertiary/aromatic N) is 4. The predicted molar refractivity (Wildman–Crippen MR) is 85.6 cm³/mol. The Kier molecular flexibility index (Phi) is 4.27. The lowest BCUT2D eigenvalue weighted by atomic mass is 10.1. The van der Waals surface area contributed by atoms with E-state index in [0.717, 1.165) is 22.3 Å². The van der Waals surface area contributed by atoms with E-state index in [1.807, 2.05) is 38.1 Å². The summed E-state index contributed by atoms with van der Waals surface area (Å²) in [7, 11) is 0. The molecule has 0 aliphatic rings. The molecule has 0 saturated carbocycles. The lowest BCUT2D eigenvalue weighted by Crippen LogP contribution is -2.02. The Hall–Kier alpha value is -2.11. The van der Waals surface area contributed by atoms with Crippen LogP contribution in [-0.4, -0.2) is 26.5 Å². The van der Waals surface area contributed by atoms with Gasteiger partial charge in [-0.05, 0) is 37.6 Å². The molecular formula is C16H15ClN4O. The molecule has 0 aliphatic heterocycles. The van der Waals surface area contributed by atoms with Gasteiger partial charge < -0.3 is 4.74 Å². The van der Waals surface area contributed by atoms with Crippen LogP contribution < -0.4 is 0 Å². The maximum Gasteiger partial charge on any atom is 0.165 e. The van der Waals surface area contributed by atoms with Crippen molar-refractivity contribution in [3.8, 4) is 11.4 Å². The van der Waals surface area contributed by atoms with Crippen LogP contribution in [0.15, 0.2) is 30.5 Å². The first-order valence-corrected chi connectivity index (χ1v) is 7.39. The van der Waals surface area contributed by atoms with E-state index in [0.29, 0.717) is 29.8 Å². The Morgan fingerprint density at radius 3 is 2.77 bits per heavy atom. The summed E-state index contributed by atoms with van der Waals surface area (Å²) in [5, 5.41) is 1.11. The minimum atomic E-state index is 0.320. The van der Waals surface area contributed by atoms with E-state index in [2.05, 4.69) is 19.9 Å². The van der Waals surface area contributed by atoms with Crippen molar-refractivity contribution < 1.29 is 4.74 Å². The number of pyridine rings is 2. The lowest BCUT2D eigenvalue weighted by molar-refractivity contribution is 0.128. The molecule has 0 aromatic carbocycles. The normalized spacial score (nSPS) is 11.0. The number of rotatable bonds is 4. The third-order valence-electron chi connectivity index (χ3n) is 3.25. The van der Waals surface area contributed by atoms with Crippen LogP contribution in [0.5, 0.6) is 0 Å². The summed E-state index contributed by atoms with van der Waals surface area (Å²) in [6.45, 7) is 4.84. The van der Waals surface area contributed by atoms with Crippen LogP contribution in [-0.2, 0) is 11.3 Å². The largest absolute Gasteiger partial charge is 0.374 e. The topological polar surface area (TPSA) is 60.8 Å². The van der Waals surface area contributed by atoms with E-state index in [1.165, 1.54) is 0 Å². The van der Waals surface area contributed by atoms with E-state index in [-0.39, 0.29) is 0 Å². The number of halogens is 1. The first kappa shape index (κ1) is 14.8. The average Bonchev–Trinajstić information content (AvgIpc) is 2.53. The van der Waals surface area contributed by atoms with Gasteiger partial charge in [0.2, 0.25) is 0 Å². The van der Waals surface area contributed by atoms with E-state index in [9.17, 15) is 0 Å². The van der Waals surface area contributed by atoms with Crippen LogP contribution in [0.1, 0.15) is 18.3 Å². The molecule has 3 aromatic heterocycles. The molecule has 0 radical (unpaired) electrons. The molecule has 3 rings (SSSR count). The molecule has 3 heterocycles. The molecule has 0 spiro atoms. The fourth-order valence-electron chi connectivity index (χ4n) is 2.16. The molecular weight excluding hydrogens is 300 g/mol. The lowest BCUT2D eigenvalue weighted by Gasteiger charge is -2.07. The molecule has 0 amide bonds. The molecule has 0 atom stereocenters. The molecule has 22 heavy (non-hydrogen) atoms. The standard InChI is InChI=1S/C16H15ClN4O/c1-3-22-9-13-20-15(17)11-6-7-12(19-16(11)21-13)14-10(2)5-4-8-18-14/h4-8H,3,9H2,1-2H3. The van der Waals surface area contributed by atoms with E-state index < -0.39 is 0 Å². The summed E-state index contributed by atoms with van der Waals surface area (Å²) in [5.74, 6) is 0.529. The summed E-state index contributed by atoms with van der Waals surface area (Å²) in [4.78, 5) is 17.6. The summed E-state index contributed by atoms with van der Waals surface area (Å²) < 4.78 is 5.33. The van der Waals surface area contributed by atoms with Gasteiger partial charge in [-0.1, -0.05) is 17.7 Å². The minimum absolute atomic E-state index is 0.320. The minimum Gasteiger partial charge on any atom is -0.374 e. The predicted octanol–water partition coefficient (Wildman–Crippen LogP) is 3.59. The van der Waals surface area contributed by atoms with Crippen LogP contribution in [0.4, 0.5) is 0 Å². The van der Waals surface area contributed by atoms with Crippen LogP contribution in [0.25, 0.3) is 22.4 Å². The number of ether oxygens (including phenoxy) is 1. The number of hydrogen-bond acceptors (Lipinski definition) is 5. The summed E-state index contributed by atoms with van der Waals surface area (Å²) in [6.07, 6.45) is 1.75. The van der Waals surface area contributed by atoms with Crippen molar-refractivity contribution in [1.29, 1.82) is 0 Å². The molecule has 5 nitrogen and oxygen atoms in total. The number of aryl methyl sites for hydroxylation is 1. The zero-order chi connectivity index (χ0) is 15.5. The summed E-state index contributed by atoms with van der Waals surface area (Å²) in [6, 6.07) is 7.66. The van der Waals surface area contributed by atoms with Gasteiger partial charge in [0.15, 0.2) is 11.5 Å². The van der Waals surface area contributed by atoms with Gasteiger partial charge in [0, 0.05) is 12.8 Å². The molecule has 3 aromatic rings. The van der Waals surface area contributed by atoms with Crippen LogP contribution >= 0.6 is 11.6 Å². The van der Waals surface area contributed by atoms with Crippen molar-refractivity contribution in [1.82, 2.24) is 19.9 Å². The second-order valence-electron chi connectivity index (χ2n) is 4.80. The molecule has 0 saturated heterocycles. The van der Waals surface area contributed by atoms with E-state index in [1.54, 1.807) is 6.20 Å². The number of fused-ring (bicyclic) bond motifs is 1. The van der Waals surface area contributed by atoms with Gasteiger partial charge in [-0.3, -0.25) is 4.98 Å². The monoisotopic (exact) mass is 314 g/mol. The summed E-state index contributed by atoms with van der Waals surface area (Å²) in [5.41, 5.74) is 3.22. The SMILES string of the molecule is CCOCc1nc(Cl)c2ccc(-c3ncccc3C)nc2n1. The Morgan fingerprint density at radius 2 is 2.00 bits per heavy atom. The second kappa shape index (κ2) is 6.34. The van der Waals surface area contributed by atoms with Crippen molar-refractivity contribution in [2.75, 3.05) is 6.61 Å². The Morgan fingerprint density at radius 1 is 1.14 bits per heavy atom. The van der Waals surface area contributed by atoms with E-state index in [4.69, 9.17) is 16.3 Å². The smallest absolute Gasteiger partial charge is 0.165 e. The fourth-order valence-corrected chi connectivity index (χ4v) is 2.40. The molecule has 112 valence electrons. The highest BCUT2D eigenvalue weighted by Crippen LogP contribution is 2.24. The van der Waals surface area contributed by atoms with Gasteiger partial charge in [-0.2, -0.15) is 0 Å². The third-order valence-corrected chi connectivity index (χ3v) is 3.54. The second-order valence-corrected chi connectivity index (χ2v) is 5.16. The average molecular weight is 315 g/mol. The van der Waals surface area contributed by atoms with Gasteiger partial charge in [0.1, 0.15) is 11.8 Å². The molecule has 0 bridgehead atoms. The summed E-state index contributed by atoms with van der Waals surface area (Å²) >= 11 is 6.21. The highest BCUT2D eigenvalue weighted by molar-refractivity contribution is 6.33. The van der Waals surface area contributed by atoms with Crippen LogP contribution in [0, 0.1) is 6.92 Å². The van der Waals surface area contributed by atoms with Crippen molar-refractivity contribution in [2.45, 2.75) is 20.5 Å². The number of hydrogen-bond donors (Lipinski definition) is 0. The fraction of sp³-hybridized carbons (Fsp3) is 0.250. The maximum atomic E-state index is 6.21. The molecule has 0 unspecified atom stereocenters. The van der Waals surface area contributed by atoms with Crippen molar-refractivity contribution in [3.05, 3.63) is 47.0 Å². The molecule has 6 heteroatoms. The van der Waals surface area contributed by atoms with Crippen LogP contribution in [0.2, 0.25) is 5.15 Å². The molecule has 0 N–H and O–H groups in total. The maximum absolute atomic E-state index is 6.21. The van der Waals surface area contributed by atoms with Crippen molar-refractivity contribution >= 4 is 22.6 Å². The van der Waals surface area contributed by atoms with Gasteiger partial charge in [-0.25, -0.2) is 15.0 Å². The first-order valence-electron chi connectivity index (χ1n) is 7.02. The highest BCUT2D eigenvalue weighted by Gasteiger charge is 2.11. The quantitative estimate of drug-likeness (QED) is 0.689. The first-order chi connectivity index (χ1) is 10.7. The Balaban J connectivity index is 2.10. The van der Waals surface area contributed by atoms with Crippen LogP contribution in [0.3, 0.4) is 0 Å². The highest BCUT2D eigenvalue weighted by atomic mass is 35.5. The van der Waals surface area contributed by atoms with E-state index >= 15 is 0 Å². The molecule has 0 aliphatic carbocycles. The van der Waals surface area contributed by atoms with Gasteiger partial charge in [0.05, 0.1) is 16.8 Å².